The summed E-state index contributed by atoms with van der Waals surface area (Å²) in [5.74, 6) is -4.43. The first kappa shape index (κ1) is 17.9. The van der Waals surface area contributed by atoms with Crippen LogP contribution in [0.5, 0.6) is 0 Å². The van der Waals surface area contributed by atoms with Gasteiger partial charge in [0.05, 0.1) is 22.9 Å². The number of amides is 1. The first-order valence-corrected chi connectivity index (χ1v) is 7.77. The highest BCUT2D eigenvalue weighted by atomic mass is 19.3. The first-order valence-electron chi connectivity index (χ1n) is 7.77. The normalized spacial score (nSPS) is 12.4. The molecule has 9 heteroatoms. The Morgan fingerprint density at radius 2 is 1.81 bits per heavy atom. The molecule has 0 saturated heterocycles. The summed E-state index contributed by atoms with van der Waals surface area (Å²) in [5.41, 5.74) is 0.346. The summed E-state index contributed by atoms with van der Waals surface area (Å²) in [5, 5.41) is 20.5. The predicted molar refractivity (Wildman–Crippen MR) is 90.9 cm³/mol. The van der Waals surface area contributed by atoms with E-state index < -0.39 is 23.3 Å². The van der Waals surface area contributed by atoms with E-state index >= 15 is 0 Å². The summed E-state index contributed by atoms with van der Waals surface area (Å²) in [4.78, 5) is 19.5. The molecule has 3 aromatic rings. The predicted octanol–water partition coefficient (Wildman–Crippen LogP) is 2.94. The van der Waals surface area contributed by atoms with Gasteiger partial charge in [-0.3, -0.25) is 9.89 Å². The molecule has 0 spiro atoms. The molecule has 0 aliphatic heterocycles. The Bertz CT molecular complexity index is 956. The van der Waals surface area contributed by atoms with Crippen molar-refractivity contribution in [3.63, 3.8) is 0 Å². The zero-order chi connectivity index (χ0) is 19.1. The van der Waals surface area contributed by atoms with Crippen molar-refractivity contribution in [2.75, 3.05) is 5.32 Å². The van der Waals surface area contributed by atoms with Gasteiger partial charge in [0.1, 0.15) is 0 Å². The zero-order valence-corrected chi connectivity index (χ0v) is 14.3. The first-order chi connectivity index (χ1) is 12.1. The molecule has 3 rings (SSSR count). The van der Waals surface area contributed by atoms with Gasteiger partial charge in [-0.25, -0.2) is 9.97 Å². The fourth-order valence-corrected chi connectivity index (χ4v) is 2.47. The maximum absolute atomic E-state index is 13.2. The molecule has 0 aliphatic carbocycles. The average molecular weight is 361 g/mol. The van der Waals surface area contributed by atoms with Crippen molar-refractivity contribution in [1.29, 1.82) is 0 Å². The molecule has 0 unspecified atom stereocenters. The van der Waals surface area contributed by atoms with Gasteiger partial charge >= 0.3 is 5.92 Å². The Labute approximate surface area is 147 Å². The van der Waals surface area contributed by atoms with Crippen LogP contribution in [-0.2, 0) is 11.5 Å². The fourth-order valence-electron chi connectivity index (χ4n) is 2.47. The standard InChI is InChI=1S/C17H17F2N5O2/c1-16(2,26)11-5-12-9(8-22-24-12)4-13(11)23-14(25)10-6-20-15(21-7-10)17(3,18)19/h4-8,26H,1-3H3,(H,22,24)(H,23,25). The minimum Gasteiger partial charge on any atom is -0.386 e. The molecule has 0 fully saturated rings. The summed E-state index contributed by atoms with van der Waals surface area (Å²) in [7, 11) is 0. The number of hydrogen-bond acceptors (Lipinski definition) is 5. The number of benzene rings is 1. The lowest BCUT2D eigenvalue weighted by Crippen LogP contribution is -2.21. The van der Waals surface area contributed by atoms with E-state index in [-0.39, 0.29) is 5.56 Å². The molecular formula is C17H17F2N5O2. The lowest BCUT2D eigenvalue weighted by Gasteiger charge is -2.22. The third kappa shape index (κ3) is 3.52. The topological polar surface area (TPSA) is 104 Å². The second-order valence-corrected chi connectivity index (χ2v) is 6.55. The van der Waals surface area contributed by atoms with E-state index in [1.165, 1.54) is 0 Å². The van der Waals surface area contributed by atoms with Crippen molar-refractivity contribution in [3.05, 3.63) is 47.7 Å². The molecule has 136 valence electrons. The van der Waals surface area contributed by atoms with E-state index in [1.807, 2.05) is 0 Å². The smallest absolute Gasteiger partial charge is 0.303 e. The Balaban J connectivity index is 1.94. The molecule has 7 nitrogen and oxygen atoms in total. The maximum atomic E-state index is 13.2. The Morgan fingerprint density at radius 1 is 1.15 bits per heavy atom. The van der Waals surface area contributed by atoms with E-state index in [1.54, 1.807) is 32.2 Å². The highest BCUT2D eigenvalue weighted by Crippen LogP contribution is 2.31. The number of aliphatic hydroxyl groups is 1. The van der Waals surface area contributed by atoms with Gasteiger partial charge in [0.25, 0.3) is 5.91 Å². The van der Waals surface area contributed by atoms with Gasteiger partial charge in [-0.05, 0) is 26.0 Å². The third-order valence-corrected chi connectivity index (χ3v) is 3.79. The molecule has 0 aliphatic rings. The van der Waals surface area contributed by atoms with Crippen LogP contribution in [0.2, 0.25) is 0 Å². The molecule has 0 bridgehead atoms. The fraction of sp³-hybridized carbons (Fsp3) is 0.294. The minimum absolute atomic E-state index is 0.0204. The molecule has 2 heterocycles. The van der Waals surface area contributed by atoms with E-state index in [0.29, 0.717) is 23.7 Å². The van der Waals surface area contributed by atoms with Crippen molar-refractivity contribution in [3.8, 4) is 0 Å². The number of nitrogens with zero attached hydrogens (tertiary/aromatic N) is 3. The summed E-state index contributed by atoms with van der Waals surface area (Å²) in [6.07, 6.45) is 3.66. The van der Waals surface area contributed by atoms with Gasteiger partial charge in [0.15, 0.2) is 5.82 Å². The van der Waals surface area contributed by atoms with Crippen LogP contribution >= 0.6 is 0 Å². The molecule has 1 amide bonds. The van der Waals surface area contributed by atoms with Gasteiger partial charge in [-0.15, -0.1) is 0 Å². The van der Waals surface area contributed by atoms with Crippen LogP contribution in [0.25, 0.3) is 10.9 Å². The number of halogens is 2. The second-order valence-electron chi connectivity index (χ2n) is 6.55. The van der Waals surface area contributed by atoms with E-state index in [4.69, 9.17) is 0 Å². The summed E-state index contributed by atoms with van der Waals surface area (Å²) in [6.45, 7) is 3.85. The Hall–Kier alpha value is -2.94. The minimum atomic E-state index is -3.19. The summed E-state index contributed by atoms with van der Waals surface area (Å²) >= 11 is 0. The molecule has 0 saturated carbocycles. The summed E-state index contributed by atoms with van der Waals surface area (Å²) in [6, 6.07) is 3.36. The number of H-pyrrole nitrogens is 1. The number of anilines is 1. The van der Waals surface area contributed by atoms with Crippen LogP contribution < -0.4 is 5.32 Å². The van der Waals surface area contributed by atoms with Gasteiger partial charge in [0.2, 0.25) is 0 Å². The molecule has 3 N–H and O–H groups in total. The molecule has 0 radical (unpaired) electrons. The molecule has 0 atom stereocenters. The van der Waals surface area contributed by atoms with Gasteiger partial charge in [-0.1, -0.05) is 0 Å². The SMILES string of the molecule is CC(C)(O)c1cc2[nH]ncc2cc1NC(=O)c1cnc(C(C)(F)F)nc1. The molecule has 2 aromatic heterocycles. The van der Waals surface area contributed by atoms with Crippen molar-refractivity contribution >= 4 is 22.5 Å². The van der Waals surface area contributed by atoms with Gasteiger partial charge < -0.3 is 10.4 Å². The summed E-state index contributed by atoms with van der Waals surface area (Å²) < 4.78 is 26.3. The number of hydrogen-bond donors (Lipinski definition) is 3. The number of fused-ring (bicyclic) bond motifs is 1. The number of aromatic amines is 1. The second kappa shape index (κ2) is 6.10. The monoisotopic (exact) mass is 361 g/mol. The lowest BCUT2D eigenvalue weighted by atomic mass is 9.95. The quantitative estimate of drug-likeness (QED) is 0.663. The van der Waals surface area contributed by atoms with Crippen LogP contribution in [0.1, 0.15) is 42.5 Å². The third-order valence-electron chi connectivity index (χ3n) is 3.79. The van der Waals surface area contributed by atoms with Crippen LogP contribution in [0.15, 0.2) is 30.7 Å². The lowest BCUT2D eigenvalue weighted by molar-refractivity contribution is 0.00759. The number of rotatable bonds is 4. The van der Waals surface area contributed by atoms with Crippen LogP contribution in [-0.4, -0.2) is 31.2 Å². The van der Waals surface area contributed by atoms with E-state index in [0.717, 1.165) is 17.8 Å². The van der Waals surface area contributed by atoms with Crippen LogP contribution in [0.4, 0.5) is 14.5 Å². The average Bonchev–Trinajstić information content (AvgIpc) is 3.00. The van der Waals surface area contributed by atoms with Gasteiger partial charge in [-0.2, -0.15) is 13.9 Å². The Morgan fingerprint density at radius 3 is 2.38 bits per heavy atom. The van der Waals surface area contributed by atoms with E-state index in [9.17, 15) is 18.7 Å². The van der Waals surface area contributed by atoms with Crippen LogP contribution in [0, 0.1) is 0 Å². The highest BCUT2D eigenvalue weighted by Gasteiger charge is 2.28. The largest absolute Gasteiger partial charge is 0.386 e. The Kier molecular flexibility index (Phi) is 4.19. The van der Waals surface area contributed by atoms with Crippen molar-refractivity contribution in [2.24, 2.45) is 0 Å². The van der Waals surface area contributed by atoms with Crippen molar-refractivity contribution in [1.82, 2.24) is 20.2 Å². The molecule has 1 aromatic carbocycles. The van der Waals surface area contributed by atoms with E-state index in [2.05, 4.69) is 25.5 Å². The number of carbonyl (C=O) groups excluding carboxylic acids is 1. The number of aromatic nitrogens is 4. The number of alkyl halides is 2. The highest BCUT2D eigenvalue weighted by molar-refractivity contribution is 6.05. The molecule has 26 heavy (non-hydrogen) atoms. The van der Waals surface area contributed by atoms with Crippen LogP contribution in [0.3, 0.4) is 0 Å². The van der Waals surface area contributed by atoms with Crippen molar-refractivity contribution < 1.29 is 18.7 Å². The zero-order valence-electron chi connectivity index (χ0n) is 14.3. The maximum Gasteiger partial charge on any atom is 0.303 e. The molecular weight excluding hydrogens is 344 g/mol. The van der Waals surface area contributed by atoms with Crippen molar-refractivity contribution in [2.45, 2.75) is 32.3 Å². The number of carbonyl (C=O) groups is 1. The van der Waals surface area contributed by atoms with Gasteiger partial charge in [0, 0.05) is 36.0 Å². The number of nitrogens with one attached hydrogen (secondary N) is 2.